The molecule has 1 amide bonds. The predicted molar refractivity (Wildman–Crippen MR) is 85.6 cm³/mol. The maximum Gasteiger partial charge on any atom is 0.339 e. The molecule has 1 aromatic rings. The Morgan fingerprint density at radius 3 is 2.35 bits per heavy atom. The van der Waals surface area contributed by atoms with Gasteiger partial charge < -0.3 is 14.6 Å². The molecule has 1 aromatic heterocycles. The molecule has 0 unspecified atom stereocenters. The second kappa shape index (κ2) is 6.56. The number of ketones is 1. The quantitative estimate of drug-likeness (QED) is 0.644. The summed E-state index contributed by atoms with van der Waals surface area (Å²) in [7, 11) is 1.29. The van der Waals surface area contributed by atoms with Gasteiger partial charge in [-0.1, -0.05) is 0 Å². The summed E-state index contributed by atoms with van der Waals surface area (Å²) in [4.78, 5) is 41.2. The average molecular weight is 320 g/mol. The molecule has 0 spiro atoms. The molecule has 6 nitrogen and oxygen atoms in total. The molecule has 0 radical (unpaired) electrons. The van der Waals surface area contributed by atoms with E-state index in [4.69, 9.17) is 4.74 Å². The van der Waals surface area contributed by atoms with Crippen molar-refractivity contribution in [3.63, 3.8) is 0 Å². The van der Waals surface area contributed by atoms with Crippen molar-refractivity contribution in [1.29, 1.82) is 0 Å². The fourth-order valence-corrected chi connectivity index (χ4v) is 3.03. The molecule has 1 fully saturated rings. The third-order valence-electron chi connectivity index (χ3n) is 4.18. The van der Waals surface area contributed by atoms with Gasteiger partial charge in [-0.3, -0.25) is 9.59 Å². The van der Waals surface area contributed by atoms with Gasteiger partial charge in [0.25, 0.3) is 0 Å². The molecule has 0 bridgehead atoms. The van der Waals surface area contributed by atoms with Crippen molar-refractivity contribution in [2.75, 3.05) is 7.11 Å². The topological polar surface area (TPSA) is 79.5 Å². The van der Waals surface area contributed by atoms with Gasteiger partial charge in [0.05, 0.1) is 24.8 Å². The molecule has 0 aliphatic heterocycles. The van der Waals surface area contributed by atoms with Crippen molar-refractivity contribution in [3.8, 4) is 0 Å². The number of carbonyl (C=O) groups excluding carboxylic acids is 3. The molecule has 2 rings (SSSR count). The second-order valence-corrected chi connectivity index (χ2v) is 6.33. The number of nitrogens with zero attached hydrogens (tertiary/aromatic N) is 1. The zero-order valence-corrected chi connectivity index (χ0v) is 14.4. The Hall–Kier alpha value is -2.11. The van der Waals surface area contributed by atoms with E-state index in [2.05, 4.69) is 4.98 Å². The van der Waals surface area contributed by atoms with Crippen LogP contribution in [0.5, 0.6) is 0 Å². The number of methoxy groups -OCH3 is 1. The number of rotatable bonds is 6. The second-order valence-electron chi connectivity index (χ2n) is 6.33. The van der Waals surface area contributed by atoms with Crippen LogP contribution in [0.4, 0.5) is 0 Å². The predicted octanol–water partition coefficient (Wildman–Crippen LogP) is 2.25. The normalized spacial score (nSPS) is 14.0. The van der Waals surface area contributed by atoms with E-state index in [1.165, 1.54) is 14.0 Å². The monoisotopic (exact) mass is 320 g/mol. The number of Topliss-reactive ketones (excluding diaryl/α,β-unsaturated/α-hetero) is 1. The molecule has 23 heavy (non-hydrogen) atoms. The highest BCUT2D eigenvalue weighted by Gasteiger charge is 2.35. The van der Waals surface area contributed by atoms with Gasteiger partial charge in [-0.25, -0.2) is 4.79 Å². The molecule has 1 saturated carbocycles. The first-order valence-electron chi connectivity index (χ1n) is 7.89. The van der Waals surface area contributed by atoms with Crippen molar-refractivity contribution in [2.45, 2.75) is 59.0 Å². The summed E-state index contributed by atoms with van der Waals surface area (Å²) >= 11 is 0. The Bertz CT molecular complexity index is 639. The van der Waals surface area contributed by atoms with Crippen LogP contribution in [0.15, 0.2) is 0 Å². The Morgan fingerprint density at radius 1 is 1.30 bits per heavy atom. The molecule has 1 aliphatic carbocycles. The first-order valence-corrected chi connectivity index (χ1v) is 7.89. The van der Waals surface area contributed by atoms with Gasteiger partial charge in [-0.05, 0) is 39.2 Å². The summed E-state index contributed by atoms with van der Waals surface area (Å²) in [6.45, 7) is 7.08. The van der Waals surface area contributed by atoms with Crippen molar-refractivity contribution in [1.82, 2.24) is 9.88 Å². The van der Waals surface area contributed by atoms with Crippen LogP contribution in [0, 0.1) is 6.92 Å². The maximum atomic E-state index is 12.7. The molecular weight excluding hydrogens is 296 g/mol. The summed E-state index contributed by atoms with van der Waals surface area (Å²) in [6.07, 6.45) is 2.11. The van der Waals surface area contributed by atoms with E-state index >= 15 is 0 Å². The SMILES string of the molecule is COC(=O)c1c(CC(=O)N(C(C)C)C2CC2)[nH]c(C(C)=O)c1C. The number of H-pyrrole nitrogens is 1. The van der Waals surface area contributed by atoms with Gasteiger partial charge in [0.1, 0.15) is 0 Å². The molecule has 1 N–H and O–H groups in total. The van der Waals surface area contributed by atoms with E-state index in [-0.39, 0.29) is 24.2 Å². The number of amides is 1. The number of aromatic nitrogens is 1. The van der Waals surface area contributed by atoms with Gasteiger partial charge in [0, 0.05) is 24.7 Å². The van der Waals surface area contributed by atoms with E-state index in [9.17, 15) is 14.4 Å². The Labute approximate surface area is 136 Å². The number of hydrogen-bond acceptors (Lipinski definition) is 4. The highest BCUT2D eigenvalue weighted by Crippen LogP contribution is 2.30. The lowest BCUT2D eigenvalue weighted by Crippen LogP contribution is -2.40. The summed E-state index contributed by atoms with van der Waals surface area (Å²) in [6, 6.07) is 0.410. The number of nitrogens with one attached hydrogen (secondary N) is 1. The molecule has 1 aliphatic rings. The van der Waals surface area contributed by atoms with E-state index in [1.807, 2.05) is 18.7 Å². The van der Waals surface area contributed by atoms with E-state index < -0.39 is 5.97 Å². The zero-order chi connectivity index (χ0) is 17.3. The van der Waals surface area contributed by atoms with E-state index in [1.54, 1.807) is 6.92 Å². The van der Waals surface area contributed by atoms with Gasteiger partial charge in [0.15, 0.2) is 5.78 Å². The van der Waals surface area contributed by atoms with E-state index in [0.717, 1.165) is 12.8 Å². The van der Waals surface area contributed by atoms with Gasteiger partial charge in [-0.2, -0.15) is 0 Å². The fourth-order valence-electron chi connectivity index (χ4n) is 3.03. The number of esters is 1. The lowest BCUT2D eigenvalue weighted by atomic mass is 10.1. The van der Waals surface area contributed by atoms with E-state index in [0.29, 0.717) is 28.6 Å². The summed E-state index contributed by atoms with van der Waals surface area (Å²) in [5.74, 6) is -0.741. The summed E-state index contributed by atoms with van der Waals surface area (Å²) in [5.41, 5.74) is 1.65. The molecular formula is C17H24N2O4. The average Bonchev–Trinajstić information content (AvgIpc) is 3.22. The lowest BCUT2D eigenvalue weighted by Gasteiger charge is -2.26. The van der Waals surface area contributed by atoms with Gasteiger partial charge in [0.2, 0.25) is 5.91 Å². The minimum Gasteiger partial charge on any atom is -0.465 e. The largest absolute Gasteiger partial charge is 0.465 e. The van der Waals surface area contributed by atoms with Crippen LogP contribution in [-0.4, -0.2) is 46.7 Å². The van der Waals surface area contributed by atoms with Crippen LogP contribution in [0.1, 0.15) is 65.7 Å². The van der Waals surface area contributed by atoms with Gasteiger partial charge >= 0.3 is 5.97 Å². The maximum absolute atomic E-state index is 12.7. The third-order valence-corrected chi connectivity index (χ3v) is 4.18. The molecule has 126 valence electrons. The van der Waals surface area contributed by atoms with Crippen LogP contribution in [0.3, 0.4) is 0 Å². The zero-order valence-electron chi connectivity index (χ0n) is 14.4. The fraction of sp³-hybridized carbons (Fsp3) is 0.588. The minimum absolute atomic E-state index is 0.0380. The van der Waals surface area contributed by atoms with Crippen LogP contribution in [0.25, 0.3) is 0 Å². The van der Waals surface area contributed by atoms with Crippen LogP contribution < -0.4 is 0 Å². The summed E-state index contributed by atoms with van der Waals surface area (Å²) < 4.78 is 4.80. The highest BCUT2D eigenvalue weighted by atomic mass is 16.5. The molecule has 0 atom stereocenters. The van der Waals surface area contributed by atoms with Crippen molar-refractivity contribution >= 4 is 17.7 Å². The number of hydrogen-bond donors (Lipinski definition) is 1. The number of aromatic amines is 1. The van der Waals surface area contributed by atoms with Crippen LogP contribution >= 0.6 is 0 Å². The molecule has 0 aromatic carbocycles. The van der Waals surface area contributed by atoms with Crippen molar-refractivity contribution < 1.29 is 19.1 Å². The lowest BCUT2D eigenvalue weighted by molar-refractivity contribution is -0.132. The van der Waals surface area contributed by atoms with Crippen LogP contribution in [0.2, 0.25) is 0 Å². The summed E-state index contributed by atoms with van der Waals surface area (Å²) in [5, 5.41) is 0. The van der Waals surface area contributed by atoms with Crippen molar-refractivity contribution in [3.05, 3.63) is 22.5 Å². The molecule has 1 heterocycles. The smallest absolute Gasteiger partial charge is 0.339 e. The number of carbonyl (C=O) groups is 3. The molecule has 6 heteroatoms. The highest BCUT2D eigenvalue weighted by molar-refractivity contribution is 6.01. The van der Waals surface area contributed by atoms with Crippen molar-refractivity contribution in [2.24, 2.45) is 0 Å². The first-order chi connectivity index (χ1) is 10.8. The number of ether oxygens (including phenoxy) is 1. The van der Waals surface area contributed by atoms with Gasteiger partial charge in [-0.15, -0.1) is 0 Å². The first kappa shape index (κ1) is 17.2. The molecule has 0 saturated heterocycles. The Balaban J connectivity index is 2.34. The standard InChI is InChI=1S/C17H24N2O4/c1-9(2)19(12-6-7-12)14(21)8-13-15(17(22)23-5)10(3)16(18-13)11(4)20/h9,12,18H,6-8H2,1-5H3. The third kappa shape index (κ3) is 3.46. The Kier molecular flexibility index (Phi) is 4.92. The Morgan fingerprint density at radius 2 is 1.91 bits per heavy atom. The van der Waals surface area contributed by atoms with Crippen LogP contribution in [-0.2, 0) is 16.0 Å². The minimum atomic E-state index is -0.531.